The Labute approximate surface area is 196 Å². The second kappa shape index (κ2) is 7.50. The average Bonchev–Trinajstić information content (AvgIpc) is 3.37. The van der Waals surface area contributed by atoms with Gasteiger partial charge in [-0.25, -0.2) is 9.37 Å². The molecule has 6 nitrogen and oxygen atoms in total. The fourth-order valence-corrected chi connectivity index (χ4v) is 5.48. The number of benzene rings is 3. The van der Waals surface area contributed by atoms with E-state index in [1.807, 2.05) is 31.2 Å². The first-order valence-electron chi connectivity index (χ1n) is 10.6. The highest BCUT2D eigenvalue weighted by Gasteiger charge is 2.46. The van der Waals surface area contributed by atoms with Crippen molar-refractivity contribution in [1.29, 1.82) is 0 Å². The zero-order valence-electron chi connectivity index (χ0n) is 18.2. The monoisotopic (exact) mass is 472 g/mol. The molecule has 168 valence electrons. The van der Waals surface area contributed by atoms with Gasteiger partial charge in [0.05, 0.1) is 28.3 Å². The lowest BCUT2D eigenvalue weighted by molar-refractivity contribution is 0.0971. The van der Waals surface area contributed by atoms with Crippen LogP contribution in [0.25, 0.3) is 21.2 Å². The van der Waals surface area contributed by atoms with Crippen LogP contribution in [0, 0.1) is 12.7 Å². The maximum atomic E-state index is 13.8. The molecule has 0 bridgehead atoms. The largest absolute Gasteiger partial charge is 0.496 e. The van der Waals surface area contributed by atoms with E-state index < -0.39 is 17.8 Å². The minimum absolute atomic E-state index is 0.0253. The number of methoxy groups -OCH3 is 1. The lowest BCUT2D eigenvalue weighted by Gasteiger charge is -2.24. The molecule has 0 unspecified atom stereocenters. The van der Waals surface area contributed by atoms with Gasteiger partial charge in [0.1, 0.15) is 23.2 Å². The Morgan fingerprint density at radius 2 is 1.91 bits per heavy atom. The lowest BCUT2D eigenvalue weighted by atomic mass is 9.97. The number of amides is 1. The van der Waals surface area contributed by atoms with Crippen LogP contribution in [0.2, 0.25) is 0 Å². The smallest absolute Gasteiger partial charge is 0.297 e. The molecule has 3 aromatic carbocycles. The number of fused-ring (bicyclic) bond motifs is 3. The Bertz CT molecular complexity index is 1690. The predicted molar refractivity (Wildman–Crippen MR) is 128 cm³/mol. The van der Waals surface area contributed by atoms with E-state index in [4.69, 9.17) is 9.15 Å². The van der Waals surface area contributed by atoms with Crippen LogP contribution in [0.3, 0.4) is 0 Å². The molecule has 0 radical (unpaired) electrons. The number of halogens is 1. The number of aryl methyl sites for hydroxylation is 1. The van der Waals surface area contributed by atoms with Gasteiger partial charge in [-0.3, -0.25) is 14.5 Å². The van der Waals surface area contributed by atoms with Gasteiger partial charge in [0, 0.05) is 5.56 Å². The molecule has 2 aromatic heterocycles. The van der Waals surface area contributed by atoms with Crippen LogP contribution in [0.1, 0.15) is 33.3 Å². The molecule has 3 heterocycles. The van der Waals surface area contributed by atoms with E-state index in [-0.39, 0.29) is 16.8 Å². The first-order chi connectivity index (χ1) is 16.5. The van der Waals surface area contributed by atoms with Crippen LogP contribution >= 0.6 is 11.3 Å². The number of aromatic nitrogens is 1. The van der Waals surface area contributed by atoms with Crippen LogP contribution in [0.15, 0.2) is 69.9 Å². The number of ether oxygens (including phenoxy) is 1. The van der Waals surface area contributed by atoms with Gasteiger partial charge >= 0.3 is 0 Å². The van der Waals surface area contributed by atoms with Gasteiger partial charge in [-0.15, -0.1) is 0 Å². The number of carbonyl (C=O) groups excluding carboxylic acids is 1. The third-order valence-electron chi connectivity index (χ3n) is 6.00. The maximum Gasteiger partial charge on any atom is 0.297 e. The summed E-state index contributed by atoms with van der Waals surface area (Å²) in [5.74, 6) is -0.375. The molecule has 0 saturated heterocycles. The number of thiazole rings is 1. The molecule has 0 spiro atoms. The van der Waals surface area contributed by atoms with Gasteiger partial charge in [-0.1, -0.05) is 41.2 Å². The third-order valence-corrected chi connectivity index (χ3v) is 7.02. The van der Waals surface area contributed by atoms with Crippen molar-refractivity contribution < 1.29 is 18.3 Å². The number of nitrogens with zero attached hydrogens (tertiary/aromatic N) is 2. The number of carbonyl (C=O) groups is 1. The minimum Gasteiger partial charge on any atom is -0.496 e. The number of rotatable bonds is 3. The molecule has 0 aliphatic carbocycles. The second-order valence-electron chi connectivity index (χ2n) is 8.10. The van der Waals surface area contributed by atoms with Crippen LogP contribution < -0.4 is 15.1 Å². The predicted octanol–water partition coefficient (Wildman–Crippen LogP) is 5.61. The summed E-state index contributed by atoms with van der Waals surface area (Å²) >= 11 is 1.18. The Morgan fingerprint density at radius 3 is 2.74 bits per heavy atom. The quantitative estimate of drug-likeness (QED) is 0.341. The van der Waals surface area contributed by atoms with Crippen LogP contribution in [-0.4, -0.2) is 18.0 Å². The van der Waals surface area contributed by atoms with E-state index in [0.717, 1.165) is 5.56 Å². The highest BCUT2D eigenvalue weighted by molar-refractivity contribution is 7.22. The Hall–Kier alpha value is -4.04. The summed E-state index contributed by atoms with van der Waals surface area (Å²) in [7, 11) is 1.54. The van der Waals surface area contributed by atoms with E-state index >= 15 is 0 Å². The van der Waals surface area contributed by atoms with Crippen molar-refractivity contribution >= 4 is 43.6 Å². The van der Waals surface area contributed by atoms with Crippen LogP contribution in [0.5, 0.6) is 5.75 Å². The number of hydrogen-bond donors (Lipinski definition) is 0. The molecule has 0 N–H and O–H groups in total. The number of hydrogen-bond acceptors (Lipinski definition) is 6. The van der Waals surface area contributed by atoms with Gasteiger partial charge in [-0.2, -0.15) is 0 Å². The van der Waals surface area contributed by atoms with Gasteiger partial charge in [0.25, 0.3) is 5.91 Å². The lowest BCUT2D eigenvalue weighted by Crippen LogP contribution is -2.29. The zero-order chi connectivity index (χ0) is 23.6. The third kappa shape index (κ3) is 2.95. The van der Waals surface area contributed by atoms with Gasteiger partial charge < -0.3 is 9.15 Å². The average molecular weight is 472 g/mol. The van der Waals surface area contributed by atoms with Crippen molar-refractivity contribution in [3.63, 3.8) is 0 Å². The number of anilines is 1. The summed E-state index contributed by atoms with van der Waals surface area (Å²) < 4.78 is 26.0. The fourth-order valence-electron chi connectivity index (χ4n) is 4.46. The maximum absolute atomic E-state index is 13.8. The Balaban J connectivity index is 1.67. The van der Waals surface area contributed by atoms with Crippen molar-refractivity contribution in [3.8, 4) is 5.75 Å². The van der Waals surface area contributed by atoms with E-state index in [9.17, 15) is 14.0 Å². The molecule has 1 amide bonds. The number of para-hydroxylation sites is 1. The first-order valence-corrected chi connectivity index (χ1v) is 11.4. The molecule has 8 heteroatoms. The highest BCUT2D eigenvalue weighted by Crippen LogP contribution is 2.45. The zero-order valence-corrected chi connectivity index (χ0v) is 19.0. The van der Waals surface area contributed by atoms with Gasteiger partial charge in [0.15, 0.2) is 10.6 Å². The molecule has 1 aliphatic heterocycles. The van der Waals surface area contributed by atoms with E-state index in [1.165, 1.54) is 35.5 Å². The molecule has 1 atom stereocenters. The SMILES string of the molecule is COc1ccccc1[C@H]1c2c(oc3ccc(C)cc3c2=O)C(=O)N1c1nc2ccc(F)cc2s1. The summed E-state index contributed by atoms with van der Waals surface area (Å²) in [6, 6.07) is 16.0. The van der Waals surface area contributed by atoms with Crippen molar-refractivity contribution in [2.24, 2.45) is 0 Å². The standard InChI is InChI=1S/C26H17FN2O4S/c1-13-7-10-19-16(11-13)23(30)21-22(15-5-3-4-6-18(15)32-2)29(25(31)24(21)33-19)26-28-17-9-8-14(27)12-20(17)34-26/h3-12,22H,1-2H3/t22-/m0/s1. The normalized spacial score (nSPS) is 15.3. The molecule has 0 fully saturated rings. The van der Waals surface area contributed by atoms with Crippen molar-refractivity contribution in [1.82, 2.24) is 4.98 Å². The van der Waals surface area contributed by atoms with E-state index in [2.05, 4.69) is 4.98 Å². The van der Waals surface area contributed by atoms with Gasteiger partial charge in [-0.05, 0) is 43.3 Å². The highest BCUT2D eigenvalue weighted by atomic mass is 32.1. The van der Waals surface area contributed by atoms with Gasteiger partial charge in [0.2, 0.25) is 5.76 Å². The fraction of sp³-hybridized carbons (Fsp3) is 0.115. The second-order valence-corrected chi connectivity index (χ2v) is 9.11. The molecule has 34 heavy (non-hydrogen) atoms. The molecule has 5 aromatic rings. The molecule has 1 aliphatic rings. The minimum atomic E-state index is -0.815. The van der Waals surface area contributed by atoms with Crippen molar-refractivity contribution in [2.45, 2.75) is 13.0 Å². The Morgan fingerprint density at radius 1 is 1.09 bits per heavy atom. The summed E-state index contributed by atoms with van der Waals surface area (Å²) in [6.07, 6.45) is 0. The molecular weight excluding hydrogens is 455 g/mol. The molecule has 0 saturated carbocycles. The van der Waals surface area contributed by atoms with E-state index in [0.29, 0.717) is 37.6 Å². The Kier molecular flexibility index (Phi) is 4.53. The van der Waals surface area contributed by atoms with E-state index in [1.54, 1.807) is 24.3 Å². The van der Waals surface area contributed by atoms with Crippen molar-refractivity contribution in [2.75, 3.05) is 12.0 Å². The molecule has 6 rings (SSSR count). The summed E-state index contributed by atoms with van der Waals surface area (Å²) in [4.78, 5) is 33.5. The van der Waals surface area contributed by atoms with Crippen molar-refractivity contribution in [3.05, 3.63) is 99.2 Å². The first kappa shape index (κ1) is 20.6. The summed E-state index contributed by atoms with van der Waals surface area (Å²) in [5, 5.41) is 0.743. The molecular formula is C26H17FN2O4S. The topological polar surface area (TPSA) is 72.6 Å². The summed E-state index contributed by atoms with van der Waals surface area (Å²) in [6.45, 7) is 1.89. The summed E-state index contributed by atoms with van der Waals surface area (Å²) in [5.41, 5.74) is 2.39. The van der Waals surface area contributed by atoms with Crippen LogP contribution in [0.4, 0.5) is 9.52 Å². The van der Waals surface area contributed by atoms with Crippen LogP contribution in [-0.2, 0) is 0 Å².